The third-order valence-electron chi connectivity index (χ3n) is 14.1. The van der Waals surface area contributed by atoms with Crippen molar-refractivity contribution in [3.8, 4) is 11.5 Å². The fraction of sp³-hybridized carbons (Fsp3) is 0.683. The molecule has 4 fully saturated rings. The van der Waals surface area contributed by atoms with Crippen LogP contribution in [0.4, 0.5) is 0 Å². The Hall–Kier alpha value is -2.93. The molecule has 0 heterocycles. The van der Waals surface area contributed by atoms with E-state index < -0.39 is 11.9 Å². The molecule has 262 valence electrons. The molecular weight excluding hydrogens is 602 g/mol. The molecule has 0 bridgehead atoms. The van der Waals surface area contributed by atoms with Crippen LogP contribution in [0.2, 0.25) is 0 Å². The lowest BCUT2D eigenvalue weighted by molar-refractivity contribution is -0.156. The topological polar surface area (TPSA) is 102 Å². The van der Waals surface area contributed by atoms with Crippen molar-refractivity contribution in [3.05, 3.63) is 41.5 Å². The average molecular weight is 660 g/mol. The molecule has 9 atom stereocenters. The second kappa shape index (κ2) is 12.8. The number of carbonyl (C=O) groups is 3. The van der Waals surface area contributed by atoms with Crippen LogP contribution in [0.15, 0.2) is 35.9 Å². The monoisotopic (exact) mass is 659 g/mol. The van der Waals surface area contributed by atoms with E-state index in [1.165, 1.54) is 52.0 Å². The second-order valence-electron chi connectivity index (χ2n) is 17.4. The Morgan fingerprint density at radius 3 is 2.33 bits per heavy atom. The van der Waals surface area contributed by atoms with Gasteiger partial charge in [0, 0.05) is 26.5 Å². The molecule has 1 aromatic carbocycles. The Labute approximate surface area is 287 Å². The number of ether oxygens (including phenoxy) is 2. The molecule has 0 radical (unpaired) electrons. The summed E-state index contributed by atoms with van der Waals surface area (Å²) in [6.45, 7) is 15.6. The van der Waals surface area contributed by atoms with Crippen molar-refractivity contribution in [1.29, 1.82) is 0 Å². The van der Waals surface area contributed by atoms with Crippen molar-refractivity contribution in [1.82, 2.24) is 5.32 Å². The first-order valence-corrected chi connectivity index (χ1v) is 18.4. The SMILES string of the molecule is CC(=O)Oc1ccc(/C=C/C(=O)NCC23CCC4C(=CCC5C4(C)CCC4C(C)C(O)CCC45C)C2CC(C)(C)CC3)cc1OC(C)=O. The maximum Gasteiger partial charge on any atom is 0.308 e. The first kappa shape index (κ1) is 34.9. The first-order chi connectivity index (χ1) is 22.6. The smallest absolute Gasteiger partial charge is 0.308 e. The molecule has 5 aliphatic carbocycles. The van der Waals surface area contributed by atoms with Gasteiger partial charge in [-0.1, -0.05) is 52.3 Å². The van der Waals surface area contributed by atoms with Gasteiger partial charge in [0.15, 0.2) is 11.5 Å². The van der Waals surface area contributed by atoms with E-state index in [-0.39, 0.29) is 45.2 Å². The fourth-order valence-corrected chi connectivity index (χ4v) is 11.5. The molecule has 5 aliphatic rings. The fourth-order valence-electron chi connectivity index (χ4n) is 11.5. The minimum Gasteiger partial charge on any atom is -0.423 e. The third-order valence-corrected chi connectivity index (χ3v) is 14.1. The van der Waals surface area contributed by atoms with Crippen molar-refractivity contribution >= 4 is 23.9 Å². The number of esters is 2. The Morgan fingerprint density at radius 1 is 0.896 bits per heavy atom. The van der Waals surface area contributed by atoms with Crippen LogP contribution in [-0.2, 0) is 14.4 Å². The highest BCUT2D eigenvalue weighted by Crippen LogP contribution is 2.70. The molecule has 1 amide bonds. The van der Waals surface area contributed by atoms with E-state index in [4.69, 9.17) is 9.47 Å². The molecule has 1 aromatic rings. The van der Waals surface area contributed by atoms with Gasteiger partial charge in [-0.15, -0.1) is 0 Å². The van der Waals surface area contributed by atoms with Gasteiger partial charge in [0.05, 0.1) is 6.10 Å². The Bertz CT molecular complexity index is 1510. The molecule has 0 aromatic heterocycles. The van der Waals surface area contributed by atoms with Gasteiger partial charge in [-0.25, -0.2) is 0 Å². The number of aliphatic hydroxyl groups excluding tert-OH is 1. The van der Waals surface area contributed by atoms with E-state index in [0.717, 1.165) is 32.1 Å². The molecule has 7 nitrogen and oxygen atoms in total. The van der Waals surface area contributed by atoms with Crippen LogP contribution in [0.1, 0.15) is 118 Å². The number of rotatable bonds is 6. The molecule has 7 heteroatoms. The summed E-state index contributed by atoms with van der Waals surface area (Å²) >= 11 is 0. The minimum atomic E-state index is -0.524. The van der Waals surface area contributed by atoms with Crippen LogP contribution in [0, 0.1) is 51.2 Å². The normalized spacial score (nSPS) is 38.4. The highest BCUT2D eigenvalue weighted by molar-refractivity contribution is 5.92. The van der Waals surface area contributed by atoms with E-state index in [0.29, 0.717) is 41.7 Å². The Kier molecular flexibility index (Phi) is 9.28. The summed E-state index contributed by atoms with van der Waals surface area (Å²) in [5, 5.41) is 14.1. The molecular formula is C41H57NO6. The van der Waals surface area contributed by atoms with Crippen LogP contribution < -0.4 is 14.8 Å². The minimum absolute atomic E-state index is 0.0588. The van der Waals surface area contributed by atoms with E-state index in [2.05, 4.69) is 46.0 Å². The third kappa shape index (κ3) is 6.29. The van der Waals surface area contributed by atoms with Gasteiger partial charge >= 0.3 is 11.9 Å². The van der Waals surface area contributed by atoms with Crippen molar-refractivity contribution < 1.29 is 29.0 Å². The molecule has 0 aliphatic heterocycles. The summed E-state index contributed by atoms with van der Waals surface area (Å²) in [4.78, 5) is 36.4. The molecule has 9 unspecified atom stereocenters. The van der Waals surface area contributed by atoms with Crippen LogP contribution in [-0.4, -0.2) is 35.6 Å². The average Bonchev–Trinajstić information content (AvgIpc) is 3.01. The maximum absolute atomic E-state index is 13.3. The van der Waals surface area contributed by atoms with Gasteiger partial charge in [-0.2, -0.15) is 0 Å². The molecule has 4 saturated carbocycles. The summed E-state index contributed by atoms with van der Waals surface area (Å²) < 4.78 is 10.4. The molecule has 48 heavy (non-hydrogen) atoms. The molecule has 0 spiro atoms. The standard InChI is InChI=1S/C41H57NO6/c1-25-30-14-17-40(7)31-15-19-41(24-42-37(46)13-9-28-8-11-34(47-26(2)43)35(22-28)48-27(3)44)21-20-38(4,5)23-32(41)29(31)10-12-36(40)39(30,6)18-16-33(25)45/h8-11,13,22,25,30-33,36,45H,12,14-21,23-24H2,1-7H3,(H,42,46)/b13-9+. The van der Waals surface area contributed by atoms with E-state index >= 15 is 0 Å². The second-order valence-corrected chi connectivity index (χ2v) is 17.4. The lowest BCUT2D eigenvalue weighted by Crippen LogP contribution is -2.60. The quantitative estimate of drug-likeness (QED) is 0.139. The van der Waals surface area contributed by atoms with Crippen molar-refractivity contribution in [2.24, 2.45) is 51.2 Å². The van der Waals surface area contributed by atoms with E-state index in [1.54, 1.807) is 29.8 Å². The summed E-state index contributed by atoms with van der Waals surface area (Å²) in [5.74, 6) is 1.83. The zero-order chi connectivity index (χ0) is 34.6. The summed E-state index contributed by atoms with van der Waals surface area (Å²) in [6.07, 6.45) is 17.2. The van der Waals surface area contributed by atoms with E-state index in [1.807, 2.05) is 0 Å². The van der Waals surface area contributed by atoms with Crippen LogP contribution in [0.25, 0.3) is 6.08 Å². The van der Waals surface area contributed by atoms with Crippen molar-refractivity contribution in [2.75, 3.05) is 6.54 Å². The van der Waals surface area contributed by atoms with Gasteiger partial charge in [-0.05, 0) is 139 Å². The zero-order valence-electron chi connectivity index (χ0n) is 30.2. The van der Waals surface area contributed by atoms with Crippen molar-refractivity contribution in [3.63, 3.8) is 0 Å². The summed E-state index contributed by atoms with van der Waals surface area (Å²) in [7, 11) is 0. The number of hydrogen-bond acceptors (Lipinski definition) is 6. The lowest BCUT2D eigenvalue weighted by atomic mass is 9.38. The van der Waals surface area contributed by atoms with Gasteiger partial charge in [0.2, 0.25) is 5.91 Å². The number of benzene rings is 1. The number of amides is 1. The van der Waals surface area contributed by atoms with Gasteiger partial charge in [0.25, 0.3) is 0 Å². The number of nitrogens with one attached hydrogen (secondary N) is 1. The number of aliphatic hydroxyl groups is 1. The number of hydrogen-bond donors (Lipinski definition) is 2. The summed E-state index contributed by atoms with van der Waals surface area (Å²) in [5.41, 5.74) is 3.25. The highest BCUT2D eigenvalue weighted by Gasteiger charge is 2.63. The Morgan fingerprint density at radius 2 is 1.60 bits per heavy atom. The largest absolute Gasteiger partial charge is 0.423 e. The maximum atomic E-state index is 13.3. The highest BCUT2D eigenvalue weighted by atomic mass is 16.6. The van der Waals surface area contributed by atoms with Crippen LogP contribution >= 0.6 is 0 Å². The van der Waals surface area contributed by atoms with Gasteiger partial charge < -0.3 is 19.9 Å². The predicted octanol–water partition coefficient (Wildman–Crippen LogP) is 8.05. The van der Waals surface area contributed by atoms with Gasteiger partial charge in [0.1, 0.15) is 0 Å². The number of carbonyl (C=O) groups excluding carboxylic acids is 3. The molecule has 6 rings (SSSR count). The predicted molar refractivity (Wildman–Crippen MR) is 187 cm³/mol. The number of allylic oxidation sites excluding steroid dienone is 2. The van der Waals surface area contributed by atoms with Gasteiger partial charge in [-0.3, -0.25) is 14.4 Å². The van der Waals surface area contributed by atoms with E-state index in [9.17, 15) is 19.5 Å². The molecule has 2 N–H and O–H groups in total. The first-order valence-electron chi connectivity index (χ1n) is 18.4. The lowest BCUT2D eigenvalue weighted by Gasteiger charge is -2.67. The molecule has 0 saturated heterocycles. The van der Waals surface area contributed by atoms with Crippen LogP contribution in [0.3, 0.4) is 0 Å². The summed E-state index contributed by atoms with van der Waals surface area (Å²) in [6, 6.07) is 4.88. The van der Waals surface area contributed by atoms with Crippen LogP contribution in [0.5, 0.6) is 11.5 Å². The Balaban J connectivity index is 1.20. The number of fused-ring (bicyclic) bond motifs is 7. The zero-order valence-corrected chi connectivity index (χ0v) is 30.2. The van der Waals surface area contributed by atoms with Crippen molar-refractivity contribution in [2.45, 2.75) is 119 Å².